The van der Waals surface area contributed by atoms with Crippen LogP contribution in [0.1, 0.15) is 15.9 Å². The summed E-state index contributed by atoms with van der Waals surface area (Å²) in [4.78, 5) is 23.2. The van der Waals surface area contributed by atoms with Crippen LogP contribution in [-0.2, 0) is 14.8 Å². The number of ether oxygens (including phenoxy) is 1. The second-order valence-electron chi connectivity index (χ2n) is 6.52. The number of hydrogen-bond donors (Lipinski definition) is 1. The van der Waals surface area contributed by atoms with Crippen LogP contribution in [0.25, 0.3) is 6.08 Å². The molecule has 0 atom stereocenters. The molecule has 1 fully saturated rings. The molecule has 0 amide bonds. The minimum absolute atomic E-state index is 0.0928. The lowest BCUT2D eigenvalue weighted by Crippen LogP contribution is -2.40. The molecule has 1 aliphatic rings. The van der Waals surface area contributed by atoms with E-state index in [1.54, 1.807) is 19.2 Å². The Morgan fingerprint density at radius 2 is 1.83 bits per heavy atom. The summed E-state index contributed by atoms with van der Waals surface area (Å²) in [6.45, 7) is 1.30. The topological polar surface area (TPSA) is 119 Å². The Kier molecular flexibility index (Phi) is 6.60. The van der Waals surface area contributed by atoms with E-state index in [0.29, 0.717) is 43.1 Å². The number of carbonyl (C=O) groups is 1. The fourth-order valence-corrected chi connectivity index (χ4v) is 4.42. The number of rotatable bonds is 7. The Morgan fingerprint density at radius 3 is 2.43 bits per heavy atom. The molecule has 0 radical (unpaired) electrons. The normalized spacial score (nSPS) is 15.2. The first-order chi connectivity index (χ1) is 14.3. The maximum absolute atomic E-state index is 12.6. The van der Waals surface area contributed by atoms with Gasteiger partial charge >= 0.3 is 0 Å². The molecule has 3 rings (SSSR count). The van der Waals surface area contributed by atoms with Crippen LogP contribution in [0.15, 0.2) is 53.4 Å². The predicted octanol–water partition coefficient (Wildman–Crippen LogP) is 2.55. The van der Waals surface area contributed by atoms with Gasteiger partial charge in [0.15, 0.2) is 5.78 Å². The van der Waals surface area contributed by atoms with Crippen molar-refractivity contribution in [2.45, 2.75) is 4.90 Å². The van der Waals surface area contributed by atoms with E-state index in [-0.39, 0.29) is 16.4 Å². The van der Waals surface area contributed by atoms with Gasteiger partial charge in [0, 0.05) is 31.8 Å². The van der Waals surface area contributed by atoms with E-state index < -0.39 is 14.9 Å². The average Bonchev–Trinajstić information content (AvgIpc) is 2.77. The number of nitrogens with zero attached hydrogens (tertiary/aromatic N) is 2. The lowest BCUT2D eigenvalue weighted by Gasteiger charge is -2.26. The van der Waals surface area contributed by atoms with Gasteiger partial charge in [-0.05, 0) is 42.0 Å². The second kappa shape index (κ2) is 9.16. The van der Waals surface area contributed by atoms with E-state index in [0.717, 1.165) is 0 Å². The number of carbonyl (C=O) groups excluding carboxylic acids is 1. The first-order valence-corrected chi connectivity index (χ1v) is 10.6. The predicted molar refractivity (Wildman–Crippen MR) is 112 cm³/mol. The third kappa shape index (κ3) is 4.73. The molecule has 0 unspecified atom stereocenters. The minimum Gasteiger partial charge on any atom is -0.383 e. The highest BCUT2D eigenvalue weighted by molar-refractivity contribution is 7.89. The summed E-state index contributed by atoms with van der Waals surface area (Å²) in [5.74, 6) is -0.342. The lowest BCUT2D eigenvalue weighted by molar-refractivity contribution is -0.384. The number of nitrogens with one attached hydrogen (secondary N) is 1. The Morgan fingerprint density at radius 1 is 1.17 bits per heavy atom. The molecular weight excluding hydrogens is 410 g/mol. The Hall–Kier alpha value is -3.08. The summed E-state index contributed by atoms with van der Waals surface area (Å²) in [5.41, 5.74) is 1.10. The molecule has 1 saturated heterocycles. The van der Waals surface area contributed by atoms with Crippen LogP contribution in [0.5, 0.6) is 0 Å². The van der Waals surface area contributed by atoms with Gasteiger partial charge in [0.05, 0.1) is 23.0 Å². The van der Waals surface area contributed by atoms with E-state index in [1.807, 2.05) is 0 Å². The number of ketones is 1. The lowest BCUT2D eigenvalue weighted by atomic mass is 10.1. The van der Waals surface area contributed by atoms with Crippen molar-refractivity contribution in [1.29, 1.82) is 0 Å². The van der Waals surface area contributed by atoms with E-state index in [9.17, 15) is 23.3 Å². The zero-order valence-corrected chi connectivity index (χ0v) is 17.1. The van der Waals surface area contributed by atoms with E-state index in [4.69, 9.17) is 4.74 Å². The number of benzene rings is 2. The highest BCUT2D eigenvalue weighted by Gasteiger charge is 2.26. The van der Waals surface area contributed by atoms with Crippen molar-refractivity contribution < 1.29 is 22.9 Å². The zero-order chi connectivity index (χ0) is 21.7. The molecule has 10 heteroatoms. The zero-order valence-electron chi connectivity index (χ0n) is 16.3. The summed E-state index contributed by atoms with van der Waals surface area (Å²) >= 11 is 0. The molecule has 1 heterocycles. The van der Waals surface area contributed by atoms with Crippen molar-refractivity contribution >= 4 is 33.3 Å². The smallest absolute Gasteiger partial charge is 0.292 e. The number of nitro benzene ring substituents is 1. The maximum Gasteiger partial charge on any atom is 0.292 e. The van der Waals surface area contributed by atoms with Crippen molar-refractivity contribution in [1.82, 2.24) is 4.31 Å². The summed E-state index contributed by atoms with van der Waals surface area (Å²) < 4.78 is 31.8. The fraction of sp³-hybridized carbons (Fsp3) is 0.250. The summed E-state index contributed by atoms with van der Waals surface area (Å²) in [6, 6.07) is 10.3. The van der Waals surface area contributed by atoms with Gasteiger partial charge in [-0.1, -0.05) is 12.1 Å². The van der Waals surface area contributed by atoms with E-state index in [2.05, 4.69) is 5.32 Å². The van der Waals surface area contributed by atoms with Gasteiger partial charge in [0.25, 0.3) is 5.69 Å². The highest BCUT2D eigenvalue weighted by Crippen LogP contribution is 2.25. The Balaban J connectivity index is 1.75. The van der Waals surface area contributed by atoms with Crippen molar-refractivity contribution in [2.24, 2.45) is 0 Å². The molecule has 1 aliphatic heterocycles. The van der Waals surface area contributed by atoms with Gasteiger partial charge in [0.2, 0.25) is 10.0 Å². The van der Waals surface area contributed by atoms with E-state index >= 15 is 0 Å². The molecule has 9 nitrogen and oxygen atoms in total. The first-order valence-electron chi connectivity index (χ1n) is 9.19. The third-order valence-corrected chi connectivity index (χ3v) is 6.57. The van der Waals surface area contributed by atoms with Gasteiger partial charge in [-0.3, -0.25) is 14.9 Å². The van der Waals surface area contributed by atoms with E-state index in [1.165, 1.54) is 46.8 Å². The molecule has 2 aromatic rings. The molecule has 0 aliphatic carbocycles. The molecule has 30 heavy (non-hydrogen) atoms. The largest absolute Gasteiger partial charge is 0.383 e. The van der Waals surface area contributed by atoms with Crippen LogP contribution in [-0.4, -0.2) is 56.8 Å². The van der Waals surface area contributed by atoms with Crippen LogP contribution in [0.3, 0.4) is 0 Å². The van der Waals surface area contributed by atoms with Gasteiger partial charge in [-0.2, -0.15) is 4.31 Å². The molecule has 0 aromatic heterocycles. The average molecular weight is 431 g/mol. The summed E-state index contributed by atoms with van der Waals surface area (Å²) in [5, 5.41) is 13.9. The van der Waals surface area contributed by atoms with Crippen LogP contribution in [0.2, 0.25) is 0 Å². The van der Waals surface area contributed by atoms with Gasteiger partial charge in [0.1, 0.15) is 5.69 Å². The van der Waals surface area contributed by atoms with Crippen molar-refractivity contribution in [3.63, 3.8) is 0 Å². The Bertz CT molecular complexity index is 1070. The first kappa shape index (κ1) is 21.6. The van der Waals surface area contributed by atoms with Crippen molar-refractivity contribution in [3.8, 4) is 0 Å². The number of anilines is 1. The standard InChI is InChI=1S/C20H21N3O6S/c1-21-18-8-2-15(14-19(18)23(25)26)3-9-20(24)16-4-6-17(7-5-16)30(27,28)22-10-12-29-13-11-22/h2-9,14,21H,10-13H2,1H3/b9-3+. The van der Waals surface area contributed by atoms with Gasteiger partial charge < -0.3 is 10.1 Å². The molecular formula is C20H21N3O6S. The van der Waals surface area contributed by atoms with Gasteiger partial charge in [-0.15, -0.1) is 0 Å². The quantitative estimate of drug-likeness (QED) is 0.310. The summed E-state index contributed by atoms with van der Waals surface area (Å²) in [7, 11) is -2.04. The number of hydrogen-bond acceptors (Lipinski definition) is 7. The minimum atomic E-state index is -3.63. The molecule has 0 spiro atoms. The number of allylic oxidation sites excluding steroid dienone is 1. The van der Waals surface area contributed by atoms with Crippen molar-refractivity contribution in [2.75, 3.05) is 38.7 Å². The monoisotopic (exact) mass is 431 g/mol. The molecule has 2 aromatic carbocycles. The van der Waals surface area contributed by atoms with Crippen LogP contribution < -0.4 is 5.32 Å². The molecule has 0 bridgehead atoms. The number of nitro groups is 1. The second-order valence-corrected chi connectivity index (χ2v) is 8.46. The number of sulfonamides is 1. The molecule has 0 saturated carbocycles. The highest BCUT2D eigenvalue weighted by atomic mass is 32.2. The Labute approximate surface area is 174 Å². The third-order valence-electron chi connectivity index (χ3n) is 4.66. The summed E-state index contributed by atoms with van der Waals surface area (Å²) in [6.07, 6.45) is 2.77. The van der Waals surface area contributed by atoms with Crippen LogP contribution in [0, 0.1) is 10.1 Å². The maximum atomic E-state index is 12.6. The molecule has 158 valence electrons. The van der Waals surface area contributed by atoms with Crippen LogP contribution >= 0.6 is 0 Å². The number of morpholine rings is 1. The van der Waals surface area contributed by atoms with Gasteiger partial charge in [-0.25, -0.2) is 8.42 Å². The fourth-order valence-electron chi connectivity index (χ4n) is 3.01. The molecule has 1 N–H and O–H groups in total. The van der Waals surface area contributed by atoms with Crippen molar-refractivity contribution in [3.05, 3.63) is 69.8 Å². The SMILES string of the molecule is CNc1ccc(/C=C/C(=O)c2ccc(S(=O)(=O)N3CCOCC3)cc2)cc1[N+](=O)[O-]. The van der Waals surface area contributed by atoms with Crippen LogP contribution in [0.4, 0.5) is 11.4 Å².